The quantitative estimate of drug-likeness (QED) is 0.338. The average Bonchev–Trinajstić information content (AvgIpc) is 3.42. The Morgan fingerprint density at radius 1 is 0.607 bits per heavy atom. The lowest BCUT2D eigenvalue weighted by atomic mass is 9.99. The molecule has 6 heteroatoms. The van der Waals surface area contributed by atoms with Gasteiger partial charge >= 0.3 is 0 Å². The Bertz CT molecular complexity index is 1300. The SMILES string of the molecule is CCc1nnc(-c2ccc3c(ccc4ccc(-c5nnc(CC)s5)cc43)c2)s1. The molecular weight excluding hydrogens is 384 g/mol. The zero-order valence-corrected chi connectivity index (χ0v) is 17.3. The van der Waals surface area contributed by atoms with Gasteiger partial charge in [-0.3, -0.25) is 0 Å². The fourth-order valence-corrected chi connectivity index (χ4v) is 4.90. The third-order valence-corrected chi connectivity index (χ3v) is 7.10. The van der Waals surface area contributed by atoms with Crippen molar-refractivity contribution in [3.8, 4) is 21.1 Å². The van der Waals surface area contributed by atoms with E-state index in [9.17, 15) is 0 Å². The Balaban J connectivity index is 1.64. The number of hydrogen-bond acceptors (Lipinski definition) is 6. The third-order valence-electron chi connectivity index (χ3n) is 4.87. The lowest BCUT2D eigenvalue weighted by Gasteiger charge is -2.07. The van der Waals surface area contributed by atoms with E-state index in [-0.39, 0.29) is 0 Å². The summed E-state index contributed by atoms with van der Waals surface area (Å²) < 4.78 is 0. The molecule has 0 spiro atoms. The molecule has 5 aromatic rings. The Morgan fingerprint density at radius 2 is 1.18 bits per heavy atom. The molecule has 0 aliphatic rings. The smallest absolute Gasteiger partial charge is 0.143 e. The number of nitrogens with zero attached hydrogens (tertiary/aromatic N) is 4. The van der Waals surface area contributed by atoms with E-state index in [4.69, 9.17) is 0 Å². The van der Waals surface area contributed by atoms with Crippen molar-refractivity contribution < 1.29 is 0 Å². The molecule has 5 rings (SSSR count). The Labute approximate surface area is 170 Å². The molecular formula is C22H18N4S2. The highest BCUT2D eigenvalue weighted by Gasteiger charge is 2.10. The summed E-state index contributed by atoms with van der Waals surface area (Å²) in [5.74, 6) is 0. The lowest BCUT2D eigenvalue weighted by Crippen LogP contribution is -1.83. The number of aromatic nitrogens is 4. The summed E-state index contributed by atoms with van der Waals surface area (Å²) in [5.41, 5.74) is 2.25. The van der Waals surface area contributed by atoms with Gasteiger partial charge in [-0.2, -0.15) is 0 Å². The second-order valence-corrected chi connectivity index (χ2v) is 8.77. The van der Waals surface area contributed by atoms with E-state index in [1.807, 2.05) is 0 Å². The summed E-state index contributed by atoms with van der Waals surface area (Å²) in [6.45, 7) is 4.22. The monoisotopic (exact) mass is 402 g/mol. The van der Waals surface area contributed by atoms with Crippen LogP contribution in [-0.4, -0.2) is 20.4 Å². The van der Waals surface area contributed by atoms with Gasteiger partial charge in [-0.1, -0.05) is 72.9 Å². The van der Waals surface area contributed by atoms with Crippen molar-refractivity contribution in [1.82, 2.24) is 20.4 Å². The summed E-state index contributed by atoms with van der Waals surface area (Å²) in [5, 5.41) is 26.2. The molecule has 0 amide bonds. The van der Waals surface area contributed by atoms with Crippen LogP contribution in [0.15, 0.2) is 48.5 Å². The number of rotatable bonds is 4. The van der Waals surface area contributed by atoms with Crippen LogP contribution in [0.2, 0.25) is 0 Å². The first-order valence-corrected chi connectivity index (χ1v) is 11.0. The van der Waals surface area contributed by atoms with Crippen molar-refractivity contribution in [3.05, 3.63) is 58.5 Å². The molecule has 138 valence electrons. The molecule has 0 saturated carbocycles. The molecule has 2 aromatic heterocycles. The van der Waals surface area contributed by atoms with Crippen molar-refractivity contribution >= 4 is 44.2 Å². The van der Waals surface area contributed by atoms with Gasteiger partial charge in [0.2, 0.25) is 0 Å². The molecule has 0 saturated heterocycles. The van der Waals surface area contributed by atoms with Gasteiger partial charge in [-0.25, -0.2) is 0 Å². The van der Waals surface area contributed by atoms with Crippen LogP contribution in [0.4, 0.5) is 0 Å². The molecule has 0 N–H and O–H groups in total. The fraction of sp³-hybridized carbons (Fsp3) is 0.182. The molecule has 2 heterocycles. The summed E-state index contributed by atoms with van der Waals surface area (Å²) in [6, 6.07) is 17.5. The van der Waals surface area contributed by atoms with Crippen LogP contribution in [0.25, 0.3) is 42.7 Å². The van der Waals surface area contributed by atoms with Crippen molar-refractivity contribution in [2.24, 2.45) is 0 Å². The molecule has 3 aromatic carbocycles. The second kappa shape index (κ2) is 7.04. The van der Waals surface area contributed by atoms with E-state index >= 15 is 0 Å². The van der Waals surface area contributed by atoms with Gasteiger partial charge in [0, 0.05) is 11.1 Å². The Kier molecular flexibility index (Phi) is 4.37. The molecule has 0 radical (unpaired) electrons. The molecule has 0 bridgehead atoms. The summed E-state index contributed by atoms with van der Waals surface area (Å²) in [6.07, 6.45) is 1.84. The molecule has 0 aliphatic carbocycles. The highest BCUT2D eigenvalue weighted by atomic mass is 32.1. The van der Waals surface area contributed by atoms with Crippen LogP contribution in [0, 0.1) is 0 Å². The molecule has 4 nitrogen and oxygen atoms in total. The normalized spacial score (nSPS) is 11.5. The van der Waals surface area contributed by atoms with Gasteiger partial charge in [0.1, 0.15) is 20.0 Å². The van der Waals surface area contributed by atoms with Crippen molar-refractivity contribution in [3.63, 3.8) is 0 Å². The van der Waals surface area contributed by atoms with Crippen LogP contribution in [0.5, 0.6) is 0 Å². The Morgan fingerprint density at radius 3 is 1.82 bits per heavy atom. The zero-order chi connectivity index (χ0) is 19.1. The zero-order valence-electron chi connectivity index (χ0n) is 15.6. The highest BCUT2D eigenvalue weighted by Crippen LogP contribution is 2.34. The van der Waals surface area contributed by atoms with E-state index in [0.29, 0.717) is 0 Å². The average molecular weight is 403 g/mol. The lowest BCUT2D eigenvalue weighted by molar-refractivity contribution is 0.986. The van der Waals surface area contributed by atoms with Crippen LogP contribution >= 0.6 is 22.7 Å². The maximum atomic E-state index is 4.36. The van der Waals surface area contributed by atoms with Gasteiger partial charge in [-0.05, 0) is 46.5 Å². The summed E-state index contributed by atoms with van der Waals surface area (Å²) >= 11 is 3.33. The topological polar surface area (TPSA) is 51.6 Å². The minimum Gasteiger partial charge on any atom is -0.143 e. The van der Waals surface area contributed by atoms with Crippen molar-refractivity contribution in [2.45, 2.75) is 26.7 Å². The predicted octanol–water partition coefficient (Wildman–Crippen LogP) is 6.15. The maximum absolute atomic E-state index is 4.36. The molecule has 0 aliphatic heterocycles. The minimum absolute atomic E-state index is 0.919. The summed E-state index contributed by atoms with van der Waals surface area (Å²) in [4.78, 5) is 0. The largest absolute Gasteiger partial charge is 0.147 e. The van der Waals surface area contributed by atoms with Gasteiger partial charge in [0.25, 0.3) is 0 Å². The third kappa shape index (κ3) is 2.99. The second-order valence-electron chi connectivity index (χ2n) is 6.65. The van der Waals surface area contributed by atoms with Gasteiger partial charge in [0.15, 0.2) is 0 Å². The minimum atomic E-state index is 0.919. The molecule has 0 atom stereocenters. The molecule has 0 fully saturated rings. The standard InChI is InChI=1S/C22H18N4S2/c1-3-19-23-25-21(27-19)15-9-10-17-14(11-15)7-5-13-6-8-16(12-18(13)17)22-26-24-20(4-2)28-22/h5-12H,3-4H2,1-2H3. The fourth-order valence-electron chi connectivity index (χ4n) is 3.35. The Hall–Kier alpha value is -2.70. The molecule has 28 heavy (non-hydrogen) atoms. The van der Waals surface area contributed by atoms with Crippen LogP contribution in [-0.2, 0) is 12.8 Å². The van der Waals surface area contributed by atoms with Crippen molar-refractivity contribution in [1.29, 1.82) is 0 Å². The van der Waals surface area contributed by atoms with E-state index in [0.717, 1.165) is 44.0 Å². The highest BCUT2D eigenvalue weighted by molar-refractivity contribution is 7.15. The number of hydrogen-bond donors (Lipinski definition) is 0. The van der Waals surface area contributed by atoms with E-state index in [1.54, 1.807) is 22.7 Å². The maximum Gasteiger partial charge on any atom is 0.147 e. The predicted molar refractivity (Wildman–Crippen MR) is 118 cm³/mol. The van der Waals surface area contributed by atoms with Gasteiger partial charge in [-0.15, -0.1) is 20.4 Å². The number of aryl methyl sites for hydroxylation is 2. The van der Waals surface area contributed by atoms with Crippen LogP contribution in [0.1, 0.15) is 23.9 Å². The van der Waals surface area contributed by atoms with E-state index in [2.05, 4.69) is 82.8 Å². The first-order chi connectivity index (χ1) is 13.7. The number of fused-ring (bicyclic) bond motifs is 3. The van der Waals surface area contributed by atoms with Gasteiger partial charge < -0.3 is 0 Å². The van der Waals surface area contributed by atoms with E-state index < -0.39 is 0 Å². The molecule has 0 unspecified atom stereocenters. The first kappa shape index (κ1) is 17.4. The van der Waals surface area contributed by atoms with Crippen molar-refractivity contribution in [2.75, 3.05) is 0 Å². The van der Waals surface area contributed by atoms with Crippen LogP contribution in [0.3, 0.4) is 0 Å². The van der Waals surface area contributed by atoms with E-state index in [1.165, 1.54) is 21.5 Å². The summed E-state index contributed by atoms with van der Waals surface area (Å²) in [7, 11) is 0. The van der Waals surface area contributed by atoms with Crippen LogP contribution < -0.4 is 0 Å². The van der Waals surface area contributed by atoms with Gasteiger partial charge in [0.05, 0.1) is 0 Å². The first-order valence-electron chi connectivity index (χ1n) is 9.37. The number of benzene rings is 3.